The van der Waals surface area contributed by atoms with Crippen LogP contribution in [0, 0.1) is 11.8 Å². The van der Waals surface area contributed by atoms with Crippen LogP contribution >= 0.6 is 0 Å². The molecule has 6 heteroatoms. The summed E-state index contributed by atoms with van der Waals surface area (Å²) in [6, 6.07) is 50.0. The molecule has 5 heterocycles. The minimum atomic E-state index is 0. The molecule has 240 valence electrons. The van der Waals surface area contributed by atoms with Crippen LogP contribution in [0.3, 0.4) is 0 Å². The summed E-state index contributed by atoms with van der Waals surface area (Å²) in [5.41, 5.74) is 15.0. The Bertz CT molecular complexity index is 2440. The summed E-state index contributed by atoms with van der Waals surface area (Å²) in [4.78, 5) is 21.2. The van der Waals surface area contributed by atoms with Gasteiger partial charge in [0, 0.05) is 5.56 Å². The van der Waals surface area contributed by atoms with E-state index in [2.05, 4.69) is 146 Å². The second-order valence-corrected chi connectivity index (χ2v) is 11.8. The second-order valence-electron chi connectivity index (χ2n) is 11.8. The molecule has 0 atom stereocenters. The molecule has 51 heavy (non-hydrogen) atoms. The summed E-state index contributed by atoms with van der Waals surface area (Å²) in [5, 5.41) is 6.25. The smallest absolute Gasteiger partial charge is 0.657 e. The zero-order valence-electron chi connectivity index (χ0n) is 27.3. The number of nitrogens with zero attached hydrogens (tertiary/aromatic N) is 5. The third-order valence-corrected chi connectivity index (χ3v) is 8.86. The van der Waals surface area contributed by atoms with Gasteiger partial charge in [0.25, 0.3) is 0 Å². The van der Waals surface area contributed by atoms with E-state index in [0.717, 1.165) is 89.4 Å². The molecule has 3 aromatic heterocycles. The molecule has 9 rings (SSSR count). The molecule has 0 N–H and O–H groups in total. The molecule has 0 saturated carbocycles. The van der Waals surface area contributed by atoms with Gasteiger partial charge in [0.2, 0.25) is 0 Å². The largest absolute Gasteiger partial charge is 3.00 e. The minimum absolute atomic E-state index is 0. The number of fused-ring (bicyclic) bond motifs is 8. The van der Waals surface area contributed by atoms with Gasteiger partial charge < -0.3 is 21.8 Å². The van der Waals surface area contributed by atoms with Gasteiger partial charge in [0.05, 0.1) is 22.8 Å². The Morgan fingerprint density at radius 1 is 0.333 bits per heavy atom. The van der Waals surface area contributed by atoms with Crippen molar-refractivity contribution in [1.82, 2.24) is 19.9 Å². The topological polar surface area (TPSA) is 77.8 Å². The van der Waals surface area contributed by atoms with Crippen LogP contribution in [0.4, 0.5) is 0 Å². The average Bonchev–Trinajstić information content (AvgIpc) is 4.02. The van der Waals surface area contributed by atoms with E-state index in [1.54, 1.807) is 0 Å². The zero-order valence-corrected chi connectivity index (χ0v) is 28.5. The second kappa shape index (κ2) is 14.5. The van der Waals surface area contributed by atoms with E-state index in [9.17, 15) is 0 Å². The van der Waals surface area contributed by atoms with Gasteiger partial charge in [-0.2, -0.15) is 0 Å². The van der Waals surface area contributed by atoms with Crippen molar-refractivity contribution in [2.24, 2.45) is 0 Å². The van der Waals surface area contributed by atoms with Crippen molar-refractivity contribution in [3.05, 3.63) is 175 Å². The van der Waals surface area contributed by atoms with Crippen molar-refractivity contribution >= 4 is 46.4 Å². The Morgan fingerprint density at radius 3 is 0.922 bits per heavy atom. The summed E-state index contributed by atoms with van der Waals surface area (Å²) >= 11 is 0. The first-order chi connectivity index (χ1) is 24.8. The first-order valence-corrected chi connectivity index (χ1v) is 16.3. The fraction of sp³-hybridized carbons (Fsp3) is 0. The maximum atomic E-state index is 6.25. The van der Waals surface area contributed by atoms with Crippen molar-refractivity contribution < 1.29 is 17.1 Å². The van der Waals surface area contributed by atoms with E-state index >= 15 is 0 Å². The van der Waals surface area contributed by atoms with Crippen molar-refractivity contribution in [1.29, 1.82) is 5.26 Å². The molecule has 8 bridgehead atoms. The van der Waals surface area contributed by atoms with Crippen molar-refractivity contribution in [3.8, 4) is 44.5 Å². The quantitative estimate of drug-likeness (QED) is 0.135. The minimum Gasteiger partial charge on any atom is -0.657 e. The summed E-state index contributed by atoms with van der Waals surface area (Å²) < 4.78 is 0. The van der Waals surface area contributed by atoms with Crippen LogP contribution in [0.5, 0.6) is 0 Å². The normalized spacial score (nSPS) is 11.3. The molecule has 2 aliphatic rings. The van der Waals surface area contributed by atoms with Crippen LogP contribution in [0.15, 0.2) is 146 Å². The Morgan fingerprint density at radius 2 is 0.588 bits per heavy atom. The first-order valence-electron chi connectivity index (χ1n) is 16.3. The van der Waals surface area contributed by atoms with E-state index in [-0.39, 0.29) is 17.1 Å². The molecular formula is C45H28MnN5. The Balaban J connectivity index is 0.00000133. The standard InChI is InChI=1S/C44H28N4.CN.Mn/c1-5-13-29(14-6-1)41-33-21-23-35(45-33)42(30-15-7-2-8-16-30)37-25-27-39(47-37)44(32-19-11-4-12-20-32)40-28-26-38(48-40)43(31-17-9-3-10-18-31)36-24-22-34(41)46-36;1-2;/h1-28H;;/q-2;-1;+3. The van der Waals surface area contributed by atoms with Crippen LogP contribution in [0.25, 0.3) is 90.9 Å². The first kappa shape index (κ1) is 33.0. The van der Waals surface area contributed by atoms with Crippen LogP contribution in [0.2, 0.25) is 0 Å². The number of hydrogen-bond acceptors (Lipinski definition) is 3. The fourth-order valence-corrected chi connectivity index (χ4v) is 6.69. The molecule has 0 aliphatic carbocycles. The summed E-state index contributed by atoms with van der Waals surface area (Å²) in [5.74, 6) is 0. The zero-order chi connectivity index (χ0) is 33.9. The van der Waals surface area contributed by atoms with Gasteiger partial charge in [-0.25, -0.2) is 9.97 Å². The molecule has 0 radical (unpaired) electrons. The molecule has 0 amide bonds. The molecule has 5 nitrogen and oxygen atoms in total. The van der Waals surface area contributed by atoms with E-state index in [0.29, 0.717) is 0 Å². The van der Waals surface area contributed by atoms with Crippen molar-refractivity contribution in [2.75, 3.05) is 0 Å². The van der Waals surface area contributed by atoms with Gasteiger partial charge in [-0.05, 0) is 63.2 Å². The molecule has 2 aliphatic heterocycles. The van der Waals surface area contributed by atoms with E-state index in [1.807, 2.05) is 24.3 Å². The van der Waals surface area contributed by atoms with E-state index in [4.69, 9.17) is 31.8 Å². The number of hydrogen-bond donors (Lipinski definition) is 0. The molecule has 0 fully saturated rings. The Labute approximate surface area is 306 Å². The Kier molecular flexibility index (Phi) is 9.41. The summed E-state index contributed by atoms with van der Waals surface area (Å²) in [6.45, 7) is 4.75. The van der Waals surface area contributed by atoms with Crippen molar-refractivity contribution in [3.63, 3.8) is 0 Å². The Hall–Kier alpha value is -6.51. The van der Waals surface area contributed by atoms with Gasteiger partial charge in [0.1, 0.15) is 0 Å². The molecule has 7 aromatic rings. The maximum absolute atomic E-state index is 6.25. The van der Waals surface area contributed by atoms with E-state index < -0.39 is 0 Å². The predicted octanol–water partition coefficient (Wildman–Crippen LogP) is 10.7. The number of benzene rings is 4. The van der Waals surface area contributed by atoms with Crippen LogP contribution in [-0.4, -0.2) is 9.97 Å². The van der Waals surface area contributed by atoms with Gasteiger partial charge >= 0.3 is 17.1 Å². The predicted molar refractivity (Wildman–Crippen MR) is 204 cm³/mol. The monoisotopic (exact) mass is 693 g/mol. The van der Waals surface area contributed by atoms with Gasteiger partial charge in [0.15, 0.2) is 0 Å². The SMILES string of the molecule is C1=Cc2nc1c(-c1ccccc1)c1nc(c(-c3ccccc3)c3ccc([n-]3)c(-c3ccccc3)c3ccc([n-]3)c2-c2ccccc2)C=C1.[C-]#N.[Mn+3]. The van der Waals surface area contributed by atoms with Gasteiger partial charge in [-0.3, -0.25) is 0 Å². The maximum Gasteiger partial charge on any atom is 3.00 e. The van der Waals surface area contributed by atoms with Crippen LogP contribution in [-0.2, 0) is 17.1 Å². The van der Waals surface area contributed by atoms with Gasteiger partial charge in [-0.15, -0.1) is 22.1 Å². The third kappa shape index (κ3) is 6.24. The van der Waals surface area contributed by atoms with E-state index in [1.165, 1.54) is 0 Å². The molecule has 0 saturated heterocycles. The number of rotatable bonds is 4. The molecular weight excluding hydrogens is 665 g/mol. The molecule has 0 unspecified atom stereocenters. The number of aromatic nitrogens is 4. The third-order valence-electron chi connectivity index (χ3n) is 8.86. The summed E-state index contributed by atoms with van der Waals surface area (Å²) in [7, 11) is 0. The van der Waals surface area contributed by atoms with Crippen molar-refractivity contribution in [2.45, 2.75) is 0 Å². The molecule has 0 spiro atoms. The summed E-state index contributed by atoms with van der Waals surface area (Å²) in [6.07, 6.45) is 8.41. The molecule has 4 aromatic carbocycles. The average molecular weight is 694 g/mol. The van der Waals surface area contributed by atoms with Gasteiger partial charge in [-0.1, -0.05) is 146 Å². The van der Waals surface area contributed by atoms with Crippen LogP contribution in [0.1, 0.15) is 22.8 Å². The van der Waals surface area contributed by atoms with Crippen LogP contribution < -0.4 is 9.97 Å². The fourth-order valence-electron chi connectivity index (χ4n) is 6.69.